The zero-order valence-corrected chi connectivity index (χ0v) is 14.0. The fourth-order valence-electron chi connectivity index (χ4n) is 3.34. The van der Waals surface area contributed by atoms with E-state index >= 15 is 0 Å². The van der Waals surface area contributed by atoms with E-state index in [1.165, 1.54) is 19.3 Å². The zero-order chi connectivity index (χ0) is 17.1. The van der Waals surface area contributed by atoms with Crippen molar-refractivity contribution in [2.45, 2.75) is 38.2 Å². The van der Waals surface area contributed by atoms with E-state index in [0.29, 0.717) is 17.3 Å². The predicted molar refractivity (Wildman–Crippen MR) is 98.0 cm³/mol. The van der Waals surface area contributed by atoms with Crippen molar-refractivity contribution in [2.24, 2.45) is 0 Å². The molecule has 0 spiro atoms. The van der Waals surface area contributed by atoms with Crippen molar-refractivity contribution in [1.82, 2.24) is 9.97 Å². The van der Waals surface area contributed by atoms with Crippen molar-refractivity contribution in [3.8, 4) is 11.8 Å². The van der Waals surface area contributed by atoms with Crippen LogP contribution in [0.4, 0.5) is 11.5 Å². The third-order valence-electron chi connectivity index (χ3n) is 4.60. The molecule has 0 bridgehead atoms. The highest BCUT2D eigenvalue weighted by Crippen LogP contribution is 2.27. The summed E-state index contributed by atoms with van der Waals surface area (Å²) in [5.74, 6) is 1.33. The second-order valence-corrected chi connectivity index (χ2v) is 6.47. The lowest BCUT2D eigenvalue weighted by molar-refractivity contribution is 0.155. The van der Waals surface area contributed by atoms with Gasteiger partial charge in [0.15, 0.2) is 0 Å². The molecule has 0 radical (unpaired) electrons. The molecular formula is C20H20N4O. The Balaban J connectivity index is 1.57. The number of pyridine rings is 1. The van der Waals surface area contributed by atoms with Gasteiger partial charge >= 0.3 is 0 Å². The molecular weight excluding hydrogens is 312 g/mol. The summed E-state index contributed by atoms with van der Waals surface area (Å²) >= 11 is 0. The molecule has 1 fully saturated rings. The van der Waals surface area contributed by atoms with Gasteiger partial charge in [0.05, 0.1) is 6.10 Å². The van der Waals surface area contributed by atoms with E-state index in [-0.39, 0.29) is 6.10 Å². The van der Waals surface area contributed by atoms with Gasteiger partial charge in [-0.1, -0.05) is 12.5 Å². The van der Waals surface area contributed by atoms with E-state index in [9.17, 15) is 5.26 Å². The Morgan fingerprint density at radius 2 is 2.00 bits per heavy atom. The maximum Gasteiger partial charge on any atom is 0.146 e. The second-order valence-electron chi connectivity index (χ2n) is 6.47. The molecule has 126 valence electrons. The third kappa shape index (κ3) is 3.58. The average Bonchev–Trinajstić information content (AvgIpc) is 3.10. The first-order chi connectivity index (χ1) is 12.3. The van der Waals surface area contributed by atoms with Crippen LogP contribution >= 0.6 is 0 Å². The normalized spacial score (nSPS) is 15.0. The molecule has 2 N–H and O–H groups in total. The molecule has 0 atom stereocenters. The van der Waals surface area contributed by atoms with Crippen molar-refractivity contribution in [1.29, 1.82) is 5.26 Å². The lowest BCUT2D eigenvalue weighted by Gasteiger charge is -2.23. The van der Waals surface area contributed by atoms with Gasteiger partial charge in [-0.2, -0.15) is 5.26 Å². The summed E-state index contributed by atoms with van der Waals surface area (Å²) in [6.07, 6.45) is 8.02. The van der Waals surface area contributed by atoms with E-state index in [1.807, 2.05) is 36.5 Å². The molecule has 0 unspecified atom stereocenters. The lowest BCUT2D eigenvalue weighted by Crippen LogP contribution is -2.19. The molecule has 0 amide bonds. The molecule has 2 heterocycles. The number of aromatic nitrogens is 2. The third-order valence-corrected chi connectivity index (χ3v) is 4.60. The minimum absolute atomic E-state index is 0.241. The monoisotopic (exact) mass is 332 g/mol. The SMILES string of the molecule is N#Cc1cc(OC2CCCCC2)cc(Nc2ccc3cc[nH]c3c2)n1. The first-order valence-corrected chi connectivity index (χ1v) is 8.73. The number of nitrogens with zero attached hydrogens (tertiary/aromatic N) is 2. The fourth-order valence-corrected chi connectivity index (χ4v) is 3.34. The Kier molecular flexibility index (Phi) is 4.26. The van der Waals surface area contributed by atoms with Gasteiger partial charge in [-0.15, -0.1) is 0 Å². The van der Waals surface area contributed by atoms with Crippen molar-refractivity contribution < 1.29 is 4.74 Å². The Morgan fingerprint density at radius 3 is 2.84 bits per heavy atom. The molecule has 0 aliphatic heterocycles. The number of nitrogens with one attached hydrogen (secondary N) is 2. The van der Waals surface area contributed by atoms with Gasteiger partial charge < -0.3 is 15.0 Å². The van der Waals surface area contributed by atoms with Gasteiger partial charge in [0.2, 0.25) is 0 Å². The van der Waals surface area contributed by atoms with Gasteiger partial charge in [0, 0.05) is 29.5 Å². The van der Waals surface area contributed by atoms with Gasteiger partial charge in [-0.05, 0) is 49.3 Å². The zero-order valence-electron chi connectivity index (χ0n) is 14.0. The maximum absolute atomic E-state index is 9.27. The Hall–Kier alpha value is -3.00. The second kappa shape index (κ2) is 6.86. The molecule has 1 aliphatic carbocycles. The van der Waals surface area contributed by atoms with E-state index in [4.69, 9.17) is 4.74 Å². The molecule has 1 aliphatic rings. The summed E-state index contributed by atoms with van der Waals surface area (Å²) in [6, 6.07) is 13.8. The van der Waals surface area contributed by atoms with Crippen LogP contribution < -0.4 is 10.1 Å². The topological polar surface area (TPSA) is 73.7 Å². The lowest BCUT2D eigenvalue weighted by atomic mass is 9.98. The van der Waals surface area contributed by atoms with Crippen LogP contribution in [-0.4, -0.2) is 16.1 Å². The number of anilines is 2. The van der Waals surface area contributed by atoms with Crippen LogP contribution in [0.2, 0.25) is 0 Å². The summed E-state index contributed by atoms with van der Waals surface area (Å²) in [5, 5.41) is 13.7. The summed E-state index contributed by atoms with van der Waals surface area (Å²) in [6.45, 7) is 0. The molecule has 1 saturated carbocycles. The average molecular weight is 332 g/mol. The van der Waals surface area contributed by atoms with E-state index in [2.05, 4.69) is 21.4 Å². The van der Waals surface area contributed by atoms with E-state index in [1.54, 1.807) is 6.07 Å². The number of benzene rings is 1. The number of hydrogen-bond donors (Lipinski definition) is 2. The van der Waals surface area contributed by atoms with E-state index < -0.39 is 0 Å². The Bertz CT molecular complexity index is 919. The molecule has 3 aromatic rings. The summed E-state index contributed by atoms with van der Waals surface area (Å²) in [5.41, 5.74) is 2.33. The smallest absolute Gasteiger partial charge is 0.146 e. The number of nitriles is 1. The van der Waals surface area contributed by atoms with Crippen LogP contribution in [0.3, 0.4) is 0 Å². The first-order valence-electron chi connectivity index (χ1n) is 8.73. The standard InChI is InChI=1S/C20H20N4O/c21-13-16-10-18(25-17-4-2-1-3-5-17)12-20(24-16)23-15-7-6-14-8-9-22-19(14)11-15/h6-12,17,22H,1-5H2,(H,23,24). The Morgan fingerprint density at radius 1 is 1.12 bits per heavy atom. The minimum atomic E-state index is 0.241. The number of aromatic amines is 1. The highest BCUT2D eigenvalue weighted by atomic mass is 16.5. The summed E-state index contributed by atoms with van der Waals surface area (Å²) in [7, 11) is 0. The molecule has 5 heteroatoms. The van der Waals surface area contributed by atoms with Crippen LogP contribution in [-0.2, 0) is 0 Å². The van der Waals surface area contributed by atoms with Gasteiger partial charge in [0.25, 0.3) is 0 Å². The van der Waals surface area contributed by atoms with Crippen molar-refractivity contribution in [3.05, 3.63) is 48.3 Å². The minimum Gasteiger partial charge on any atom is -0.490 e. The number of fused-ring (bicyclic) bond motifs is 1. The fraction of sp³-hybridized carbons (Fsp3) is 0.300. The first kappa shape index (κ1) is 15.5. The highest BCUT2D eigenvalue weighted by Gasteiger charge is 2.16. The van der Waals surface area contributed by atoms with Crippen molar-refractivity contribution in [3.63, 3.8) is 0 Å². The largest absolute Gasteiger partial charge is 0.490 e. The summed E-state index contributed by atoms with van der Waals surface area (Å²) in [4.78, 5) is 7.54. The molecule has 4 rings (SSSR count). The quantitative estimate of drug-likeness (QED) is 0.713. The number of ether oxygens (including phenoxy) is 1. The van der Waals surface area contributed by atoms with Crippen molar-refractivity contribution >= 4 is 22.4 Å². The van der Waals surface area contributed by atoms with Crippen LogP contribution in [0.5, 0.6) is 5.75 Å². The van der Waals surface area contributed by atoms with Crippen LogP contribution in [0, 0.1) is 11.3 Å². The van der Waals surface area contributed by atoms with E-state index in [0.717, 1.165) is 29.4 Å². The number of rotatable bonds is 4. The molecule has 2 aromatic heterocycles. The van der Waals surface area contributed by atoms with Gasteiger partial charge in [-0.25, -0.2) is 4.98 Å². The van der Waals surface area contributed by atoms with Gasteiger partial charge in [-0.3, -0.25) is 0 Å². The summed E-state index contributed by atoms with van der Waals surface area (Å²) < 4.78 is 6.10. The molecule has 5 nitrogen and oxygen atoms in total. The maximum atomic E-state index is 9.27. The van der Waals surface area contributed by atoms with Crippen LogP contribution in [0.25, 0.3) is 10.9 Å². The van der Waals surface area contributed by atoms with Crippen LogP contribution in [0.1, 0.15) is 37.8 Å². The Labute approximate surface area is 146 Å². The molecule has 25 heavy (non-hydrogen) atoms. The molecule has 0 saturated heterocycles. The number of H-pyrrole nitrogens is 1. The van der Waals surface area contributed by atoms with Crippen LogP contribution in [0.15, 0.2) is 42.6 Å². The van der Waals surface area contributed by atoms with Crippen molar-refractivity contribution in [2.75, 3.05) is 5.32 Å². The highest BCUT2D eigenvalue weighted by molar-refractivity contribution is 5.83. The molecule has 1 aromatic carbocycles. The predicted octanol–water partition coefficient (Wildman–Crippen LogP) is 4.89. The van der Waals surface area contributed by atoms with Gasteiger partial charge in [0.1, 0.15) is 23.3 Å². The number of hydrogen-bond acceptors (Lipinski definition) is 4.